The lowest BCUT2D eigenvalue weighted by Crippen LogP contribution is -2.50. The zero-order chi connectivity index (χ0) is 15.1. The topological polar surface area (TPSA) is 44.4 Å². The largest absolute Gasteiger partial charge is 0.351 e. The number of rotatable bonds is 6. The van der Waals surface area contributed by atoms with Gasteiger partial charge in [-0.1, -0.05) is 36.8 Å². The van der Waals surface area contributed by atoms with Crippen molar-refractivity contribution in [3.8, 4) is 0 Å². The van der Waals surface area contributed by atoms with Gasteiger partial charge in [-0.2, -0.15) is 0 Å². The highest BCUT2D eigenvalue weighted by atomic mass is 16.2. The van der Waals surface area contributed by atoms with Crippen molar-refractivity contribution in [2.24, 2.45) is 0 Å². The van der Waals surface area contributed by atoms with Crippen molar-refractivity contribution in [2.45, 2.75) is 44.8 Å². The van der Waals surface area contributed by atoms with Crippen LogP contribution in [-0.2, 0) is 11.3 Å². The van der Waals surface area contributed by atoms with Crippen LogP contribution in [0.25, 0.3) is 0 Å². The van der Waals surface area contributed by atoms with E-state index in [9.17, 15) is 4.79 Å². The minimum Gasteiger partial charge on any atom is -0.351 e. The highest BCUT2D eigenvalue weighted by Crippen LogP contribution is 2.07. The summed E-state index contributed by atoms with van der Waals surface area (Å²) >= 11 is 0. The highest BCUT2D eigenvalue weighted by Gasteiger charge is 2.21. The summed E-state index contributed by atoms with van der Waals surface area (Å²) in [7, 11) is 2.09. The minimum atomic E-state index is 0.000583. The van der Waals surface area contributed by atoms with Gasteiger partial charge in [0.2, 0.25) is 5.91 Å². The molecule has 1 saturated heterocycles. The van der Waals surface area contributed by atoms with Gasteiger partial charge in [0.15, 0.2) is 0 Å². The van der Waals surface area contributed by atoms with Crippen LogP contribution in [-0.4, -0.2) is 43.0 Å². The van der Waals surface area contributed by atoms with Gasteiger partial charge in [0.05, 0.1) is 6.04 Å². The Labute approximate surface area is 127 Å². The molecule has 0 spiro atoms. The first-order valence-corrected chi connectivity index (χ1v) is 7.91. The Morgan fingerprint density at radius 1 is 1.38 bits per heavy atom. The van der Waals surface area contributed by atoms with Crippen LogP contribution in [0.5, 0.6) is 0 Å². The van der Waals surface area contributed by atoms with Crippen molar-refractivity contribution in [3.05, 3.63) is 35.9 Å². The van der Waals surface area contributed by atoms with Gasteiger partial charge in [0, 0.05) is 19.1 Å². The fourth-order valence-electron chi connectivity index (χ4n) is 2.89. The van der Waals surface area contributed by atoms with Crippen LogP contribution in [0.4, 0.5) is 0 Å². The molecule has 1 amide bonds. The Morgan fingerprint density at radius 2 is 2.14 bits per heavy atom. The minimum absolute atomic E-state index is 0.000583. The molecule has 0 aromatic heterocycles. The molecule has 0 bridgehead atoms. The second-order valence-electron chi connectivity index (χ2n) is 6.09. The predicted octanol–water partition coefficient (Wildman–Crippen LogP) is 1.77. The Bertz CT molecular complexity index is 429. The molecule has 1 unspecified atom stereocenters. The first-order chi connectivity index (χ1) is 10.1. The number of hydrogen-bond donors (Lipinski definition) is 2. The number of amides is 1. The molecule has 1 aliphatic heterocycles. The van der Waals surface area contributed by atoms with Gasteiger partial charge < -0.3 is 15.5 Å². The molecule has 0 radical (unpaired) electrons. The molecular weight excluding hydrogens is 262 g/mol. The van der Waals surface area contributed by atoms with Crippen LogP contribution in [0.3, 0.4) is 0 Å². The van der Waals surface area contributed by atoms with Gasteiger partial charge >= 0.3 is 0 Å². The fourth-order valence-corrected chi connectivity index (χ4v) is 2.89. The Morgan fingerprint density at radius 3 is 2.81 bits per heavy atom. The summed E-state index contributed by atoms with van der Waals surface area (Å²) in [4.78, 5) is 14.4. The molecule has 1 aromatic rings. The van der Waals surface area contributed by atoms with Crippen LogP contribution < -0.4 is 10.6 Å². The lowest BCUT2D eigenvalue weighted by atomic mass is 10.0. The lowest BCUT2D eigenvalue weighted by molar-refractivity contribution is -0.124. The first-order valence-electron chi connectivity index (χ1n) is 7.91. The van der Waals surface area contributed by atoms with E-state index in [1.54, 1.807) is 0 Å². The Balaban J connectivity index is 1.73. The maximum Gasteiger partial charge on any atom is 0.237 e. The summed E-state index contributed by atoms with van der Waals surface area (Å²) in [5.74, 6) is 0.148. The summed E-state index contributed by atoms with van der Waals surface area (Å²) in [6, 6.07) is 10.6. The van der Waals surface area contributed by atoms with Gasteiger partial charge in [-0.25, -0.2) is 0 Å². The van der Waals surface area contributed by atoms with Gasteiger partial charge in [-0.15, -0.1) is 0 Å². The number of benzene rings is 1. The molecule has 1 aromatic carbocycles. The van der Waals surface area contributed by atoms with Crippen LogP contribution in [0.2, 0.25) is 0 Å². The van der Waals surface area contributed by atoms with E-state index in [1.807, 2.05) is 6.07 Å². The van der Waals surface area contributed by atoms with Gasteiger partial charge in [0.1, 0.15) is 0 Å². The lowest BCUT2D eigenvalue weighted by Gasteiger charge is -2.26. The summed E-state index contributed by atoms with van der Waals surface area (Å²) in [5.41, 5.74) is 1.30. The number of nitrogens with one attached hydrogen (secondary N) is 2. The molecule has 0 saturated carbocycles. The van der Waals surface area contributed by atoms with Crippen LogP contribution in [0.15, 0.2) is 30.3 Å². The summed E-state index contributed by atoms with van der Waals surface area (Å²) in [6.07, 6.45) is 3.28. The molecular formula is C17H27N3O. The van der Waals surface area contributed by atoms with E-state index in [2.05, 4.69) is 53.8 Å². The fraction of sp³-hybridized carbons (Fsp3) is 0.588. The summed E-state index contributed by atoms with van der Waals surface area (Å²) in [5, 5.41) is 6.41. The average Bonchev–Trinajstić information content (AvgIpc) is 2.48. The van der Waals surface area contributed by atoms with E-state index in [0.29, 0.717) is 0 Å². The second kappa shape index (κ2) is 8.15. The Kier molecular flexibility index (Phi) is 6.21. The van der Waals surface area contributed by atoms with E-state index in [1.165, 1.54) is 12.0 Å². The van der Waals surface area contributed by atoms with Crippen molar-refractivity contribution >= 4 is 5.91 Å². The molecule has 1 fully saturated rings. The third-order valence-electron chi connectivity index (χ3n) is 3.90. The summed E-state index contributed by atoms with van der Waals surface area (Å²) < 4.78 is 0. The molecule has 21 heavy (non-hydrogen) atoms. The Hall–Kier alpha value is -1.39. The van der Waals surface area contributed by atoms with Crippen LogP contribution in [0, 0.1) is 0 Å². The van der Waals surface area contributed by atoms with Gasteiger partial charge in [0.25, 0.3) is 0 Å². The number of likely N-dealkylation sites (N-methyl/N-ethyl adjacent to an activating group) is 1. The monoisotopic (exact) mass is 289 g/mol. The number of carbonyl (C=O) groups is 1. The van der Waals surface area contributed by atoms with E-state index < -0.39 is 0 Å². The predicted molar refractivity (Wildman–Crippen MR) is 86.0 cm³/mol. The van der Waals surface area contributed by atoms with Gasteiger partial charge in [-0.3, -0.25) is 4.79 Å². The van der Waals surface area contributed by atoms with Crippen molar-refractivity contribution in [1.82, 2.24) is 15.5 Å². The third-order valence-corrected chi connectivity index (χ3v) is 3.90. The van der Waals surface area contributed by atoms with Gasteiger partial charge in [-0.05, 0) is 38.9 Å². The summed E-state index contributed by atoms with van der Waals surface area (Å²) in [6.45, 7) is 4.79. The molecule has 1 heterocycles. The van der Waals surface area contributed by atoms with Crippen molar-refractivity contribution in [3.63, 3.8) is 0 Å². The molecule has 4 heteroatoms. The normalized spacial score (nSPS) is 20.2. The number of piperidine rings is 1. The van der Waals surface area contributed by atoms with E-state index in [4.69, 9.17) is 0 Å². The molecule has 2 atom stereocenters. The maximum atomic E-state index is 12.2. The second-order valence-corrected chi connectivity index (χ2v) is 6.09. The molecule has 4 nitrogen and oxygen atoms in total. The number of nitrogens with zero attached hydrogens (tertiary/aromatic N) is 1. The zero-order valence-electron chi connectivity index (χ0n) is 13.1. The number of hydrogen-bond acceptors (Lipinski definition) is 3. The third kappa shape index (κ3) is 5.48. The molecule has 0 aliphatic carbocycles. The van der Waals surface area contributed by atoms with E-state index in [-0.39, 0.29) is 18.0 Å². The van der Waals surface area contributed by atoms with Crippen molar-refractivity contribution in [1.29, 1.82) is 0 Å². The molecule has 2 rings (SSSR count). The number of carbonyl (C=O) groups excluding carboxylic acids is 1. The van der Waals surface area contributed by atoms with Crippen molar-refractivity contribution < 1.29 is 4.79 Å². The van der Waals surface area contributed by atoms with Crippen LogP contribution >= 0.6 is 0 Å². The maximum absolute atomic E-state index is 12.2. The highest BCUT2D eigenvalue weighted by molar-refractivity contribution is 5.82. The van der Waals surface area contributed by atoms with E-state index in [0.717, 1.165) is 32.5 Å². The van der Waals surface area contributed by atoms with Crippen LogP contribution in [0.1, 0.15) is 31.7 Å². The standard InChI is InChI=1S/C17H27N3O/c1-14(19-17(21)16-10-6-7-11-18-16)12-20(2)13-15-8-4-3-5-9-15/h3-5,8-9,14,16,18H,6-7,10-13H2,1-2H3,(H,19,21)/t14?,16-/m1/s1. The average molecular weight is 289 g/mol. The quantitative estimate of drug-likeness (QED) is 0.839. The zero-order valence-corrected chi connectivity index (χ0v) is 13.1. The van der Waals surface area contributed by atoms with Crippen molar-refractivity contribution in [2.75, 3.05) is 20.1 Å². The molecule has 1 aliphatic rings. The SMILES string of the molecule is CC(CN(C)Cc1ccccc1)NC(=O)[C@H]1CCCCN1. The molecule has 116 valence electrons. The molecule has 2 N–H and O–H groups in total. The smallest absolute Gasteiger partial charge is 0.237 e. The first kappa shape index (κ1) is 16.0. The van der Waals surface area contributed by atoms with E-state index >= 15 is 0 Å².